The fraction of sp³-hybridized carbons (Fsp3) is 0.107. The molecule has 0 atom stereocenters. The maximum atomic E-state index is 12.4. The van der Waals surface area contributed by atoms with E-state index in [1.165, 1.54) is 17.8 Å². The van der Waals surface area contributed by atoms with Crippen molar-refractivity contribution >= 4 is 29.2 Å². The second-order valence-corrected chi connectivity index (χ2v) is 8.67. The number of carbonyl (C=O) groups is 3. The highest BCUT2D eigenvalue weighted by molar-refractivity contribution is 8.03. The zero-order valence-corrected chi connectivity index (χ0v) is 19.6. The minimum absolute atomic E-state index is 0.0580. The summed E-state index contributed by atoms with van der Waals surface area (Å²) in [5.74, 6) is 0.462. The van der Waals surface area contributed by atoms with Gasteiger partial charge in [-0.2, -0.15) is 0 Å². The smallest absolute Gasteiger partial charge is 0.262 e. The number of benzene rings is 3. The van der Waals surface area contributed by atoms with E-state index in [-0.39, 0.29) is 18.1 Å². The molecule has 1 amide bonds. The lowest BCUT2D eigenvalue weighted by atomic mass is 10.1. The van der Waals surface area contributed by atoms with Gasteiger partial charge in [-0.3, -0.25) is 14.4 Å². The summed E-state index contributed by atoms with van der Waals surface area (Å²) in [7, 11) is 0. The largest absolute Gasteiger partial charge is 0.489 e. The molecule has 1 aliphatic carbocycles. The van der Waals surface area contributed by atoms with Gasteiger partial charge in [-0.1, -0.05) is 60.7 Å². The van der Waals surface area contributed by atoms with Gasteiger partial charge >= 0.3 is 0 Å². The molecule has 0 aromatic heterocycles. The van der Waals surface area contributed by atoms with Crippen LogP contribution in [0.25, 0.3) is 0 Å². The Morgan fingerprint density at radius 3 is 1.97 bits per heavy atom. The summed E-state index contributed by atoms with van der Waals surface area (Å²) in [4.78, 5) is 37.4. The number of hydrogen-bond donors (Lipinski definition) is 1. The molecule has 7 heteroatoms. The lowest BCUT2D eigenvalue weighted by Crippen LogP contribution is -2.33. The van der Waals surface area contributed by atoms with Gasteiger partial charge in [-0.25, -0.2) is 0 Å². The van der Waals surface area contributed by atoms with E-state index >= 15 is 0 Å². The van der Waals surface area contributed by atoms with Crippen LogP contribution < -0.4 is 14.8 Å². The molecule has 0 bridgehead atoms. The lowest BCUT2D eigenvalue weighted by Gasteiger charge is -2.13. The molecular formula is C28H23NO5S. The summed E-state index contributed by atoms with van der Waals surface area (Å²) < 4.78 is 11.2. The quantitative estimate of drug-likeness (QED) is 0.422. The van der Waals surface area contributed by atoms with Gasteiger partial charge in [0.05, 0.1) is 10.6 Å². The molecule has 0 heterocycles. The minimum Gasteiger partial charge on any atom is -0.489 e. The van der Waals surface area contributed by atoms with Gasteiger partial charge in [0.15, 0.2) is 12.4 Å². The highest BCUT2D eigenvalue weighted by Gasteiger charge is 2.22. The van der Waals surface area contributed by atoms with Crippen LogP contribution in [-0.4, -0.2) is 24.1 Å². The Labute approximate surface area is 207 Å². The number of nitrogens with one attached hydrogen (secondary N) is 1. The number of ether oxygens (including phenoxy) is 2. The third kappa shape index (κ3) is 7.19. The fourth-order valence-corrected chi connectivity index (χ4v) is 4.10. The number of ketones is 2. The highest BCUT2D eigenvalue weighted by atomic mass is 32.2. The maximum Gasteiger partial charge on any atom is 0.262 e. The third-order valence-corrected chi connectivity index (χ3v) is 6.11. The van der Waals surface area contributed by atoms with Crippen molar-refractivity contribution in [3.8, 4) is 11.5 Å². The van der Waals surface area contributed by atoms with Crippen molar-refractivity contribution in [1.29, 1.82) is 0 Å². The topological polar surface area (TPSA) is 81.7 Å². The summed E-state index contributed by atoms with van der Waals surface area (Å²) in [6, 6.07) is 26.4. The van der Waals surface area contributed by atoms with E-state index in [0.717, 1.165) is 17.2 Å². The van der Waals surface area contributed by atoms with Crippen molar-refractivity contribution in [3.63, 3.8) is 0 Å². The molecule has 0 fully saturated rings. The summed E-state index contributed by atoms with van der Waals surface area (Å²) in [6.07, 6.45) is 2.42. The van der Waals surface area contributed by atoms with Crippen LogP contribution in [0.4, 0.5) is 0 Å². The molecule has 35 heavy (non-hydrogen) atoms. The summed E-state index contributed by atoms with van der Waals surface area (Å²) in [5, 5.41) is 2.46. The molecule has 0 radical (unpaired) electrons. The van der Waals surface area contributed by atoms with Gasteiger partial charge in [0.2, 0.25) is 5.78 Å². The normalized spacial score (nSPS) is 13.0. The van der Waals surface area contributed by atoms with Gasteiger partial charge < -0.3 is 14.8 Å². The standard InChI is InChI=1S/C28H23NO5S/c30-25-16-27(35-19-21-9-5-2-6-10-21)26(31)15-24(25)29-28(32)18-34-23-13-11-22(12-14-23)33-17-20-7-3-1-4-8-20/h1-16H,17-19H2,(H,29,32). The van der Waals surface area contributed by atoms with E-state index in [4.69, 9.17) is 9.47 Å². The molecular weight excluding hydrogens is 462 g/mol. The molecule has 0 aliphatic heterocycles. The number of carbonyl (C=O) groups excluding carboxylic acids is 3. The van der Waals surface area contributed by atoms with Crippen molar-refractivity contribution in [2.24, 2.45) is 0 Å². The molecule has 0 spiro atoms. The molecule has 0 saturated heterocycles. The fourth-order valence-electron chi connectivity index (χ4n) is 3.20. The van der Waals surface area contributed by atoms with Crippen LogP contribution in [-0.2, 0) is 26.7 Å². The van der Waals surface area contributed by atoms with E-state index in [0.29, 0.717) is 28.8 Å². The SMILES string of the molecule is O=C(COc1ccc(OCc2ccccc2)cc1)NC1=CC(=O)C(SCc2ccccc2)=CC1=O. The van der Waals surface area contributed by atoms with Crippen LogP contribution >= 0.6 is 11.8 Å². The van der Waals surface area contributed by atoms with E-state index in [1.807, 2.05) is 60.7 Å². The molecule has 6 nitrogen and oxygen atoms in total. The second-order valence-electron chi connectivity index (χ2n) is 7.65. The van der Waals surface area contributed by atoms with Gasteiger partial charge in [0.1, 0.15) is 18.1 Å². The molecule has 3 aromatic carbocycles. The van der Waals surface area contributed by atoms with Crippen LogP contribution in [0.1, 0.15) is 11.1 Å². The zero-order chi connectivity index (χ0) is 24.5. The van der Waals surface area contributed by atoms with Gasteiger partial charge in [0, 0.05) is 17.9 Å². The zero-order valence-electron chi connectivity index (χ0n) is 18.8. The molecule has 1 aliphatic rings. The number of allylic oxidation sites excluding steroid dienone is 3. The molecule has 0 unspecified atom stereocenters. The van der Waals surface area contributed by atoms with Crippen molar-refractivity contribution < 1.29 is 23.9 Å². The Morgan fingerprint density at radius 1 is 0.714 bits per heavy atom. The maximum absolute atomic E-state index is 12.4. The van der Waals surface area contributed by atoms with E-state index in [2.05, 4.69) is 5.32 Å². The van der Waals surface area contributed by atoms with E-state index in [9.17, 15) is 14.4 Å². The van der Waals surface area contributed by atoms with Crippen LogP contribution in [0.15, 0.2) is 108 Å². The van der Waals surface area contributed by atoms with Crippen molar-refractivity contribution in [1.82, 2.24) is 5.32 Å². The Kier molecular flexibility index (Phi) is 8.14. The van der Waals surface area contributed by atoms with Crippen LogP contribution in [0.5, 0.6) is 11.5 Å². The Balaban J connectivity index is 1.22. The molecule has 4 rings (SSSR count). The number of hydrogen-bond acceptors (Lipinski definition) is 6. The number of amides is 1. The Hall–Kier alpha value is -4.10. The third-order valence-electron chi connectivity index (χ3n) is 5.00. The van der Waals surface area contributed by atoms with Gasteiger partial charge in [-0.15, -0.1) is 11.8 Å². The monoisotopic (exact) mass is 485 g/mol. The van der Waals surface area contributed by atoms with Gasteiger partial charge in [0.25, 0.3) is 5.91 Å². The summed E-state index contributed by atoms with van der Waals surface area (Å²) in [5.41, 5.74) is 2.05. The van der Waals surface area contributed by atoms with Crippen LogP contribution in [0.2, 0.25) is 0 Å². The average Bonchev–Trinajstić information content (AvgIpc) is 2.89. The van der Waals surface area contributed by atoms with E-state index < -0.39 is 11.7 Å². The van der Waals surface area contributed by atoms with Crippen molar-refractivity contribution in [3.05, 3.63) is 119 Å². The summed E-state index contributed by atoms with van der Waals surface area (Å²) in [6.45, 7) is 0.147. The first-order valence-corrected chi connectivity index (χ1v) is 11.9. The first-order valence-electron chi connectivity index (χ1n) is 10.9. The van der Waals surface area contributed by atoms with Gasteiger partial charge in [-0.05, 0) is 35.4 Å². The van der Waals surface area contributed by atoms with E-state index in [1.54, 1.807) is 24.3 Å². The molecule has 3 aromatic rings. The second kappa shape index (κ2) is 11.9. The molecule has 1 N–H and O–H groups in total. The van der Waals surface area contributed by atoms with Crippen molar-refractivity contribution in [2.75, 3.05) is 6.61 Å². The summed E-state index contributed by atoms with van der Waals surface area (Å²) >= 11 is 1.29. The highest BCUT2D eigenvalue weighted by Crippen LogP contribution is 2.25. The number of rotatable bonds is 10. The first kappa shape index (κ1) is 24.0. The predicted octanol–water partition coefficient (Wildman–Crippen LogP) is 4.61. The Bertz CT molecular complexity index is 1250. The lowest BCUT2D eigenvalue weighted by molar-refractivity contribution is -0.124. The van der Waals surface area contributed by atoms with Crippen LogP contribution in [0.3, 0.4) is 0 Å². The minimum atomic E-state index is -0.532. The molecule has 176 valence electrons. The van der Waals surface area contributed by atoms with Crippen LogP contribution in [0, 0.1) is 0 Å². The average molecular weight is 486 g/mol. The molecule has 0 saturated carbocycles. The first-order chi connectivity index (χ1) is 17.1. The Morgan fingerprint density at radius 2 is 1.31 bits per heavy atom. The van der Waals surface area contributed by atoms with Crippen molar-refractivity contribution in [2.45, 2.75) is 12.4 Å². The number of thioether (sulfide) groups is 1. The predicted molar refractivity (Wildman–Crippen MR) is 135 cm³/mol.